The van der Waals surface area contributed by atoms with Gasteiger partial charge in [-0.2, -0.15) is 0 Å². The molecule has 36 heavy (non-hydrogen) atoms. The monoisotopic (exact) mass is 530 g/mol. The first-order valence-corrected chi connectivity index (χ1v) is 13.2. The van der Waals surface area contributed by atoms with Crippen LogP contribution in [-0.4, -0.2) is 50.5 Å². The molecule has 0 saturated carbocycles. The molecule has 1 saturated heterocycles. The van der Waals surface area contributed by atoms with Crippen LogP contribution in [-0.2, 0) is 4.74 Å². The van der Waals surface area contributed by atoms with Gasteiger partial charge in [0.05, 0.1) is 16.8 Å². The zero-order chi connectivity index (χ0) is 26.0. The summed E-state index contributed by atoms with van der Waals surface area (Å²) in [6.45, 7) is 6.31. The summed E-state index contributed by atoms with van der Waals surface area (Å²) in [5.74, 6) is -0.694. The maximum atomic E-state index is 14.5. The van der Waals surface area contributed by atoms with Gasteiger partial charge in [0.2, 0.25) is 0 Å². The van der Waals surface area contributed by atoms with E-state index in [1.807, 2.05) is 33.1 Å². The lowest BCUT2D eigenvalue weighted by molar-refractivity contribution is 0.0285. The quantitative estimate of drug-likeness (QED) is 0.312. The van der Waals surface area contributed by atoms with E-state index in [0.29, 0.717) is 41.5 Å². The summed E-state index contributed by atoms with van der Waals surface area (Å²) in [6, 6.07) is 9.16. The van der Waals surface area contributed by atoms with Crippen LogP contribution in [0.4, 0.5) is 9.18 Å². The summed E-state index contributed by atoms with van der Waals surface area (Å²) in [7, 11) is 0. The molecule has 0 spiro atoms. The predicted octanol–water partition coefficient (Wildman–Crippen LogP) is 5.67. The summed E-state index contributed by atoms with van der Waals surface area (Å²) < 4.78 is 21.6. The van der Waals surface area contributed by atoms with Gasteiger partial charge in [-0.15, -0.1) is 0 Å². The summed E-state index contributed by atoms with van der Waals surface area (Å²) in [6.07, 6.45) is 5.47. The number of carbonyl (C=O) groups excluding carboxylic acids is 1. The average molecular weight is 531 g/mol. The van der Waals surface area contributed by atoms with Crippen LogP contribution < -0.4 is 5.56 Å². The highest BCUT2D eigenvalue weighted by molar-refractivity contribution is 7.98. The second-order valence-corrected chi connectivity index (χ2v) is 10.9. The van der Waals surface area contributed by atoms with Crippen LogP contribution in [0.5, 0.6) is 0 Å². The Labute approximate surface area is 218 Å². The van der Waals surface area contributed by atoms with Gasteiger partial charge in [0.1, 0.15) is 11.4 Å². The van der Waals surface area contributed by atoms with E-state index in [1.54, 1.807) is 34.0 Å². The zero-order valence-corrected chi connectivity index (χ0v) is 22.1. The second-order valence-electron chi connectivity index (χ2n) is 9.68. The molecule has 0 bridgehead atoms. The zero-order valence-electron chi connectivity index (χ0n) is 20.6. The van der Waals surface area contributed by atoms with Crippen molar-refractivity contribution in [2.45, 2.75) is 44.0 Å². The van der Waals surface area contributed by atoms with Crippen molar-refractivity contribution in [3.63, 3.8) is 0 Å². The van der Waals surface area contributed by atoms with Crippen molar-refractivity contribution in [2.24, 2.45) is 5.92 Å². The standard InChI is InChI=1S/C26H28ClFN4O3S/c1-26(2,3)35-25(34)31-11-8-18(15-31)23(17-5-6-19(27)20(28)13-17)32-12-9-16(14-22(32)33)21-7-10-29-24(30-21)36-4/h5-7,9-10,12-14,18,23H,8,11,15H2,1-4H3/t18-,23+/m1/s1. The van der Waals surface area contributed by atoms with Gasteiger partial charge in [0, 0.05) is 43.0 Å². The molecule has 0 aliphatic carbocycles. The smallest absolute Gasteiger partial charge is 0.410 e. The van der Waals surface area contributed by atoms with Crippen LogP contribution in [0.1, 0.15) is 38.8 Å². The molecule has 7 nitrogen and oxygen atoms in total. The number of benzene rings is 1. The topological polar surface area (TPSA) is 77.3 Å². The number of aromatic nitrogens is 3. The molecule has 0 radical (unpaired) electrons. The Balaban J connectivity index is 1.70. The lowest BCUT2D eigenvalue weighted by Gasteiger charge is -2.28. The molecule has 3 heterocycles. The molecule has 0 N–H and O–H groups in total. The van der Waals surface area contributed by atoms with Crippen LogP contribution in [0.25, 0.3) is 11.3 Å². The molecule has 1 aliphatic heterocycles. The summed E-state index contributed by atoms with van der Waals surface area (Å²) in [4.78, 5) is 36.3. The molecule has 1 aliphatic rings. The largest absolute Gasteiger partial charge is 0.444 e. The molecular formula is C26H28ClFN4O3S. The van der Waals surface area contributed by atoms with Crippen LogP contribution in [0, 0.1) is 11.7 Å². The number of thioether (sulfide) groups is 1. The number of carbonyl (C=O) groups is 1. The predicted molar refractivity (Wildman–Crippen MR) is 139 cm³/mol. The van der Waals surface area contributed by atoms with Crippen LogP contribution in [0.15, 0.2) is 58.7 Å². The molecule has 1 amide bonds. The Hall–Kier alpha value is -2.91. The third kappa shape index (κ3) is 5.90. The number of amides is 1. The van der Waals surface area contributed by atoms with E-state index in [4.69, 9.17) is 16.3 Å². The number of hydrogen-bond donors (Lipinski definition) is 0. The number of pyridine rings is 1. The van der Waals surface area contributed by atoms with Crippen molar-refractivity contribution >= 4 is 29.5 Å². The van der Waals surface area contributed by atoms with E-state index < -0.39 is 23.6 Å². The third-order valence-electron chi connectivity index (χ3n) is 5.97. The van der Waals surface area contributed by atoms with E-state index in [1.165, 1.54) is 30.0 Å². The Morgan fingerprint density at radius 3 is 2.69 bits per heavy atom. The minimum absolute atomic E-state index is 0.00959. The minimum Gasteiger partial charge on any atom is -0.444 e. The Morgan fingerprint density at radius 1 is 1.25 bits per heavy atom. The maximum absolute atomic E-state index is 14.5. The van der Waals surface area contributed by atoms with Gasteiger partial charge in [-0.3, -0.25) is 4.79 Å². The first kappa shape index (κ1) is 26.2. The molecule has 2 atom stereocenters. The molecule has 1 fully saturated rings. The normalized spacial score (nSPS) is 16.7. The summed E-state index contributed by atoms with van der Waals surface area (Å²) in [5, 5.41) is 0.620. The molecule has 4 rings (SSSR count). The van der Waals surface area contributed by atoms with Crippen molar-refractivity contribution in [1.82, 2.24) is 19.4 Å². The van der Waals surface area contributed by atoms with E-state index in [-0.39, 0.29) is 16.5 Å². The molecule has 2 aromatic heterocycles. The van der Waals surface area contributed by atoms with E-state index in [0.717, 1.165) is 0 Å². The lowest BCUT2D eigenvalue weighted by atomic mass is 9.91. The Kier molecular flexibility index (Phi) is 7.70. The molecule has 3 aromatic rings. The number of likely N-dealkylation sites (tertiary alicyclic amines) is 1. The lowest BCUT2D eigenvalue weighted by Crippen LogP contribution is -2.37. The molecule has 1 aromatic carbocycles. The first-order chi connectivity index (χ1) is 17.1. The van der Waals surface area contributed by atoms with Crippen LogP contribution in [0.2, 0.25) is 5.02 Å². The van der Waals surface area contributed by atoms with E-state index in [2.05, 4.69) is 9.97 Å². The van der Waals surface area contributed by atoms with Gasteiger partial charge in [0.15, 0.2) is 5.16 Å². The van der Waals surface area contributed by atoms with Crippen molar-refractivity contribution in [3.05, 3.63) is 75.5 Å². The summed E-state index contributed by atoms with van der Waals surface area (Å²) in [5.41, 5.74) is 1.04. The number of hydrogen-bond acceptors (Lipinski definition) is 6. The van der Waals surface area contributed by atoms with Gasteiger partial charge in [0.25, 0.3) is 5.56 Å². The molecular weight excluding hydrogens is 503 g/mol. The van der Waals surface area contributed by atoms with Crippen molar-refractivity contribution in [1.29, 1.82) is 0 Å². The number of nitrogens with zero attached hydrogens (tertiary/aromatic N) is 4. The highest BCUT2D eigenvalue weighted by Crippen LogP contribution is 2.35. The minimum atomic E-state index is -0.613. The van der Waals surface area contributed by atoms with Gasteiger partial charge < -0.3 is 14.2 Å². The van der Waals surface area contributed by atoms with Crippen molar-refractivity contribution < 1.29 is 13.9 Å². The van der Waals surface area contributed by atoms with Gasteiger partial charge in [-0.25, -0.2) is 19.2 Å². The maximum Gasteiger partial charge on any atom is 0.410 e. The Bertz CT molecular complexity index is 1330. The number of rotatable bonds is 5. The number of halogens is 2. The third-order valence-corrected chi connectivity index (χ3v) is 6.84. The molecule has 10 heteroatoms. The highest BCUT2D eigenvalue weighted by Gasteiger charge is 2.36. The first-order valence-electron chi connectivity index (χ1n) is 11.6. The van der Waals surface area contributed by atoms with Gasteiger partial charge in [-0.05, 0) is 63.3 Å². The Morgan fingerprint density at radius 2 is 2.03 bits per heavy atom. The fraction of sp³-hybridized carbons (Fsp3) is 0.385. The van der Waals surface area contributed by atoms with E-state index >= 15 is 0 Å². The van der Waals surface area contributed by atoms with Crippen molar-refractivity contribution in [2.75, 3.05) is 19.3 Å². The fourth-order valence-electron chi connectivity index (χ4n) is 4.37. The van der Waals surface area contributed by atoms with Gasteiger partial charge >= 0.3 is 6.09 Å². The van der Waals surface area contributed by atoms with E-state index in [9.17, 15) is 14.0 Å². The van der Waals surface area contributed by atoms with Gasteiger partial charge in [-0.1, -0.05) is 29.4 Å². The fourth-order valence-corrected chi connectivity index (χ4v) is 4.85. The van der Waals surface area contributed by atoms with Crippen LogP contribution >= 0.6 is 23.4 Å². The SMILES string of the molecule is CSc1nccc(-c2ccn([C@@H](c3ccc(Cl)c(F)c3)[C@@H]3CCN(C(=O)OC(C)(C)C)C3)c(=O)c2)n1. The average Bonchev–Trinajstić information content (AvgIpc) is 3.31. The van der Waals surface area contributed by atoms with Crippen molar-refractivity contribution in [3.8, 4) is 11.3 Å². The summed E-state index contributed by atoms with van der Waals surface area (Å²) >= 11 is 7.35. The second kappa shape index (κ2) is 10.6. The molecule has 0 unspecified atom stereocenters. The number of ether oxygens (including phenoxy) is 1. The van der Waals surface area contributed by atoms with Crippen LogP contribution in [0.3, 0.4) is 0 Å². The highest BCUT2D eigenvalue weighted by atomic mass is 35.5. The molecule has 190 valence electrons.